The van der Waals surface area contributed by atoms with Crippen LogP contribution in [-0.4, -0.2) is 103 Å². The lowest BCUT2D eigenvalue weighted by atomic mass is 9.57. The molecule has 0 spiro atoms. The first-order valence-electron chi connectivity index (χ1n) is 24.5. The lowest BCUT2D eigenvalue weighted by Crippen LogP contribution is -2.69. The maximum absolute atomic E-state index is 16.0. The number of hydrogen-bond donors (Lipinski definition) is 5. The molecule has 6 atom stereocenters. The molecule has 0 bridgehead atoms. The van der Waals surface area contributed by atoms with Crippen LogP contribution < -0.4 is 27.8 Å². The highest BCUT2D eigenvalue weighted by molar-refractivity contribution is 6.16. The van der Waals surface area contributed by atoms with Gasteiger partial charge in [0.2, 0.25) is 17.7 Å². The van der Waals surface area contributed by atoms with Crippen LogP contribution in [0.25, 0.3) is 0 Å². The largest absolute Gasteiger partial charge is 0.343 e. The van der Waals surface area contributed by atoms with Crippen LogP contribution in [0.4, 0.5) is 0 Å². The number of nitrogens with zero attached hydrogens (tertiary/aromatic N) is 2. The number of amides is 3. The van der Waals surface area contributed by atoms with Crippen molar-refractivity contribution in [2.75, 3.05) is 33.2 Å². The van der Waals surface area contributed by atoms with E-state index in [0.717, 1.165) is 76.2 Å². The van der Waals surface area contributed by atoms with Gasteiger partial charge < -0.3 is 37.6 Å². The normalized spacial score (nSPS) is 22.1. The number of rotatable bonds is 21. The van der Waals surface area contributed by atoms with Crippen LogP contribution in [0.2, 0.25) is 0 Å². The maximum atomic E-state index is 16.0. The van der Waals surface area contributed by atoms with Crippen molar-refractivity contribution in [2.24, 2.45) is 40.4 Å². The molecule has 1 unspecified atom stereocenters. The molecule has 2 heterocycles. The topological polar surface area (TPSA) is 194 Å². The Morgan fingerprint density at radius 3 is 1.94 bits per heavy atom. The van der Waals surface area contributed by atoms with Gasteiger partial charge in [0.05, 0.1) is 18.1 Å². The third-order valence-electron chi connectivity index (χ3n) is 15.1. The van der Waals surface area contributed by atoms with E-state index < -0.39 is 53.1 Å². The smallest absolute Gasteiger partial charge is 0.245 e. The summed E-state index contributed by atoms with van der Waals surface area (Å²) in [5.41, 5.74) is 20.6. The van der Waals surface area contributed by atoms with Gasteiger partial charge in [-0.1, -0.05) is 112 Å². The van der Waals surface area contributed by atoms with Crippen molar-refractivity contribution in [3.63, 3.8) is 0 Å². The highest BCUT2D eigenvalue weighted by atomic mass is 16.2. The fourth-order valence-corrected chi connectivity index (χ4v) is 11.5. The van der Waals surface area contributed by atoms with Crippen molar-refractivity contribution in [1.29, 1.82) is 0 Å². The second-order valence-electron chi connectivity index (χ2n) is 19.3. The van der Waals surface area contributed by atoms with Crippen molar-refractivity contribution < 1.29 is 24.0 Å². The number of benzene rings is 2. The van der Waals surface area contributed by atoms with Gasteiger partial charge in [-0.2, -0.15) is 0 Å². The Labute approximate surface area is 376 Å². The van der Waals surface area contributed by atoms with Gasteiger partial charge in [0, 0.05) is 19.6 Å². The highest BCUT2D eigenvalue weighted by Gasteiger charge is 2.62. The minimum Gasteiger partial charge on any atom is -0.343 e. The lowest BCUT2D eigenvalue weighted by molar-refractivity contribution is -0.160. The predicted octanol–water partition coefficient (Wildman–Crippen LogP) is 5.23. The molecule has 2 aromatic rings. The maximum Gasteiger partial charge on any atom is 0.245 e. The van der Waals surface area contributed by atoms with E-state index in [1.165, 1.54) is 5.56 Å². The molecule has 2 aliphatic heterocycles. The number of likely N-dealkylation sites (tertiary alicyclic amines) is 2. The zero-order valence-electron chi connectivity index (χ0n) is 38.0. The van der Waals surface area contributed by atoms with Crippen LogP contribution in [-0.2, 0) is 36.8 Å². The minimum absolute atomic E-state index is 0.262. The first kappa shape index (κ1) is 48.5. The van der Waals surface area contributed by atoms with E-state index in [9.17, 15) is 9.59 Å². The van der Waals surface area contributed by atoms with Crippen LogP contribution >= 0.6 is 0 Å². The van der Waals surface area contributed by atoms with Gasteiger partial charge in [-0.3, -0.25) is 24.0 Å². The summed E-state index contributed by atoms with van der Waals surface area (Å²) in [7, 11) is 1.73. The fourth-order valence-electron chi connectivity index (χ4n) is 11.5. The average Bonchev–Trinajstić information content (AvgIpc) is 3.82. The Bertz CT molecular complexity index is 1780. The van der Waals surface area contributed by atoms with Crippen molar-refractivity contribution in [2.45, 2.75) is 159 Å². The van der Waals surface area contributed by atoms with E-state index in [0.29, 0.717) is 89.9 Å². The number of likely N-dealkylation sites (N-methyl/N-ethyl adjacent to an activating group) is 1. The first-order valence-corrected chi connectivity index (χ1v) is 24.5. The predicted molar refractivity (Wildman–Crippen MR) is 248 cm³/mol. The molecule has 4 aliphatic rings. The van der Waals surface area contributed by atoms with Crippen molar-refractivity contribution in [3.05, 3.63) is 71.8 Å². The molecule has 12 heteroatoms. The zero-order chi connectivity index (χ0) is 44.8. The summed E-state index contributed by atoms with van der Waals surface area (Å²) in [5, 5.41) is 6.18. The SMILES string of the molecule is CN[C@@H](Cc1ccccc1)C(=O)N[C@@H](CCCCN)C(=O)N1CCC[C@H]1C(=O)C(C(=O)[C@H](N)CC1CCCCC1)(C1CCCCC1)[C@H](N)C(=O)N1CCC(Cc2ccccc2)CC1. The molecular formula is C51H77N7O5. The number of ketones is 2. The van der Waals surface area contributed by atoms with E-state index in [1.807, 2.05) is 36.4 Å². The quantitative estimate of drug-likeness (QED) is 0.0825. The second-order valence-corrected chi connectivity index (χ2v) is 19.3. The summed E-state index contributed by atoms with van der Waals surface area (Å²) in [6.07, 6.45) is 15.0. The average molecular weight is 868 g/mol. The van der Waals surface area contributed by atoms with Gasteiger partial charge >= 0.3 is 0 Å². The summed E-state index contributed by atoms with van der Waals surface area (Å²) in [4.78, 5) is 78.9. The van der Waals surface area contributed by atoms with Crippen molar-refractivity contribution >= 4 is 29.3 Å². The molecule has 3 amide bonds. The Hall–Kier alpha value is -3.97. The number of hydrogen-bond acceptors (Lipinski definition) is 9. The molecule has 2 aliphatic carbocycles. The molecule has 346 valence electrons. The molecule has 2 aromatic carbocycles. The van der Waals surface area contributed by atoms with Gasteiger partial charge in [-0.05, 0) is 120 Å². The Kier molecular flexibility index (Phi) is 18.3. The van der Waals surface area contributed by atoms with Crippen LogP contribution in [0.3, 0.4) is 0 Å². The molecule has 4 fully saturated rings. The van der Waals surface area contributed by atoms with Gasteiger partial charge in [0.15, 0.2) is 11.6 Å². The second kappa shape index (κ2) is 23.8. The van der Waals surface area contributed by atoms with Crippen LogP contribution in [0.15, 0.2) is 60.7 Å². The van der Waals surface area contributed by atoms with E-state index in [1.54, 1.807) is 16.8 Å². The van der Waals surface area contributed by atoms with Gasteiger partial charge in [-0.15, -0.1) is 0 Å². The lowest BCUT2D eigenvalue weighted by Gasteiger charge is -2.48. The van der Waals surface area contributed by atoms with Gasteiger partial charge in [-0.25, -0.2) is 0 Å². The van der Waals surface area contributed by atoms with Crippen LogP contribution in [0, 0.1) is 23.2 Å². The summed E-state index contributed by atoms with van der Waals surface area (Å²) in [5.74, 6) is -1.71. The zero-order valence-corrected chi connectivity index (χ0v) is 38.0. The summed E-state index contributed by atoms with van der Waals surface area (Å²) < 4.78 is 0. The first-order chi connectivity index (χ1) is 30.6. The fraction of sp³-hybridized carbons (Fsp3) is 0.667. The van der Waals surface area contributed by atoms with E-state index >= 15 is 14.4 Å². The molecular weight excluding hydrogens is 791 g/mol. The van der Waals surface area contributed by atoms with Crippen LogP contribution in [0.1, 0.15) is 127 Å². The molecule has 2 saturated carbocycles. The molecule has 12 nitrogen and oxygen atoms in total. The Balaban J connectivity index is 1.31. The van der Waals surface area contributed by atoms with E-state index in [4.69, 9.17) is 17.2 Å². The number of unbranched alkanes of at least 4 members (excludes halogenated alkanes) is 1. The molecule has 2 saturated heterocycles. The number of nitrogens with one attached hydrogen (secondary N) is 2. The number of piperidine rings is 1. The van der Waals surface area contributed by atoms with Gasteiger partial charge in [0.1, 0.15) is 17.5 Å². The molecule has 0 radical (unpaired) electrons. The van der Waals surface area contributed by atoms with Crippen molar-refractivity contribution in [3.8, 4) is 0 Å². The number of Topliss-reactive ketones (excluding diaryl/α,β-unsaturated/α-hetero) is 2. The molecule has 6 rings (SSSR count). The Morgan fingerprint density at radius 2 is 1.32 bits per heavy atom. The standard InChI is InChI=1S/C51H77N7O5/c1-55-43(35-38-21-10-4-11-22-38)48(61)56-42(25-14-15-29-52)49(62)58-30-16-26-44(58)47(60)51(40-23-12-5-13-24-40,46(59)41(53)34-37-19-8-3-9-20-37)45(54)50(63)57-31-27-39(28-32-57)33-36-17-6-2-7-18-36/h2,4,6-7,10-11,17-18,21-22,37,39-45,55H,3,5,8-9,12-16,19-20,23-35,52-54H2,1H3,(H,56,61)/t41-,42+,43+,44+,45-,51?/m1/s1. The molecule has 0 aromatic heterocycles. The summed E-state index contributed by atoms with van der Waals surface area (Å²) in [6.45, 7) is 1.73. The van der Waals surface area contributed by atoms with E-state index in [2.05, 4.69) is 34.9 Å². The number of nitrogens with two attached hydrogens (primary N) is 3. The third-order valence-corrected chi connectivity index (χ3v) is 15.1. The number of carbonyl (C=O) groups is 5. The van der Waals surface area contributed by atoms with Gasteiger partial charge in [0.25, 0.3) is 0 Å². The highest BCUT2D eigenvalue weighted by Crippen LogP contribution is 2.47. The monoisotopic (exact) mass is 868 g/mol. The molecule has 63 heavy (non-hydrogen) atoms. The van der Waals surface area contributed by atoms with Crippen molar-refractivity contribution in [1.82, 2.24) is 20.4 Å². The van der Waals surface area contributed by atoms with Crippen LogP contribution in [0.5, 0.6) is 0 Å². The summed E-state index contributed by atoms with van der Waals surface area (Å²) in [6, 6.07) is 15.2. The van der Waals surface area contributed by atoms with E-state index in [-0.39, 0.29) is 23.6 Å². The third kappa shape index (κ3) is 12.0. The minimum atomic E-state index is -1.90. The summed E-state index contributed by atoms with van der Waals surface area (Å²) >= 11 is 0. The number of carbonyl (C=O) groups excluding carboxylic acids is 5. The molecule has 8 N–H and O–H groups in total. The Morgan fingerprint density at radius 1 is 0.698 bits per heavy atom.